The smallest absolute Gasteiger partial charge is 0.315 e. The summed E-state index contributed by atoms with van der Waals surface area (Å²) in [5.74, 6) is -2.47. The number of halogens is 1. The fourth-order valence-corrected chi connectivity index (χ4v) is 2.72. The number of carboxylic acid groups (broad SMARTS) is 2. The SMILES string of the molecule is COc1ccc(C2(C(=O)O)CC2C(=O)O)cc1Br. The van der Waals surface area contributed by atoms with Crippen LogP contribution in [-0.4, -0.2) is 29.3 Å². The highest BCUT2D eigenvalue weighted by molar-refractivity contribution is 9.10. The maximum absolute atomic E-state index is 11.4. The third-order valence-corrected chi connectivity index (χ3v) is 3.93. The summed E-state index contributed by atoms with van der Waals surface area (Å²) in [6.45, 7) is 0. The van der Waals surface area contributed by atoms with Gasteiger partial charge in [0.05, 0.1) is 17.5 Å². The van der Waals surface area contributed by atoms with Crippen LogP contribution in [0.3, 0.4) is 0 Å². The summed E-state index contributed by atoms with van der Waals surface area (Å²) in [6.07, 6.45) is 0.121. The molecular weight excluding hydrogens is 304 g/mol. The van der Waals surface area contributed by atoms with E-state index in [1.165, 1.54) is 7.11 Å². The summed E-state index contributed by atoms with van der Waals surface area (Å²) < 4.78 is 5.67. The van der Waals surface area contributed by atoms with Gasteiger partial charge in [0.2, 0.25) is 0 Å². The topological polar surface area (TPSA) is 83.8 Å². The highest BCUT2D eigenvalue weighted by Crippen LogP contribution is 2.55. The molecule has 2 rings (SSSR count). The van der Waals surface area contributed by atoms with Crippen LogP contribution < -0.4 is 4.74 Å². The van der Waals surface area contributed by atoms with Crippen molar-refractivity contribution in [1.82, 2.24) is 0 Å². The maximum atomic E-state index is 11.4. The number of rotatable bonds is 4. The first-order valence-corrected chi connectivity index (χ1v) is 6.03. The van der Waals surface area contributed by atoms with Gasteiger partial charge in [-0.05, 0) is 40.0 Å². The summed E-state index contributed by atoms with van der Waals surface area (Å²) in [5.41, 5.74) is -0.823. The molecule has 1 aliphatic rings. The van der Waals surface area contributed by atoms with Crippen LogP contribution in [0.5, 0.6) is 5.75 Å². The van der Waals surface area contributed by atoms with Crippen molar-refractivity contribution in [1.29, 1.82) is 0 Å². The van der Waals surface area contributed by atoms with E-state index < -0.39 is 23.3 Å². The van der Waals surface area contributed by atoms with Crippen molar-refractivity contribution in [2.75, 3.05) is 7.11 Å². The molecule has 0 bridgehead atoms. The third-order valence-electron chi connectivity index (χ3n) is 3.31. The van der Waals surface area contributed by atoms with E-state index in [1.54, 1.807) is 18.2 Å². The van der Waals surface area contributed by atoms with Crippen LogP contribution in [0.15, 0.2) is 22.7 Å². The van der Waals surface area contributed by atoms with Gasteiger partial charge in [0.15, 0.2) is 0 Å². The molecule has 0 aliphatic heterocycles. The van der Waals surface area contributed by atoms with Crippen molar-refractivity contribution in [2.24, 2.45) is 5.92 Å². The van der Waals surface area contributed by atoms with Gasteiger partial charge in [-0.25, -0.2) is 0 Å². The van der Waals surface area contributed by atoms with E-state index in [0.29, 0.717) is 15.8 Å². The number of carboxylic acids is 2. The Morgan fingerprint density at radius 3 is 2.50 bits per heavy atom. The molecule has 0 spiro atoms. The van der Waals surface area contributed by atoms with E-state index >= 15 is 0 Å². The van der Waals surface area contributed by atoms with Crippen LogP contribution in [0.4, 0.5) is 0 Å². The average molecular weight is 315 g/mol. The average Bonchev–Trinajstić information content (AvgIpc) is 3.05. The Hall–Kier alpha value is -1.56. The Labute approximate surface area is 112 Å². The van der Waals surface area contributed by atoms with Gasteiger partial charge >= 0.3 is 11.9 Å². The zero-order valence-corrected chi connectivity index (χ0v) is 11.1. The van der Waals surface area contributed by atoms with Gasteiger partial charge in [-0.2, -0.15) is 0 Å². The van der Waals surface area contributed by atoms with Crippen LogP contribution >= 0.6 is 15.9 Å². The predicted octanol–water partition coefficient (Wildman–Crippen LogP) is 1.88. The summed E-state index contributed by atoms with van der Waals surface area (Å²) in [7, 11) is 1.50. The lowest BCUT2D eigenvalue weighted by Crippen LogP contribution is -2.25. The second kappa shape index (κ2) is 4.28. The molecule has 2 unspecified atom stereocenters. The van der Waals surface area contributed by atoms with Crippen molar-refractivity contribution < 1.29 is 24.5 Å². The molecule has 2 atom stereocenters. The quantitative estimate of drug-likeness (QED) is 0.886. The summed E-state index contributed by atoms with van der Waals surface area (Å²) >= 11 is 3.27. The number of aliphatic carboxylic acids is 2. The second-order valence-electron chi connectivity index (χ2n) is 4.22. The van der Waals surface area contributed by atoms with Gasteiger partial charge in [-0.3, -0.25) is 9.59 Å². The minimum Gasteiger partial charge on any atom is -0.496 e. The van der Waals surface area contributed by atoms with Crippen LogP contribution in [0.25, 0.3) is 0 Å². The Morgan fingerprint density at radius 2 is 2.11 bits per heavy atom. The molecule has 1 fully saturated rings. The molecule has 0 heterocycles. The molecule has 18 heavy (non-hydrogen) atoms. The number of carbonyl (C=O) groups is 2. The molecule has 0 aromatic heterocycles. The van der Waals surface area contributed by atoms with Gasteiger partial charge in [-0.1, -0.05) is 6.07 Å². The normalized spacial score (nSPS) is 25.6. The first kappa shape index (κ1) is 12.9. The van der Waals surface area contributed by atoms with E-state index in [4.69, 9.17) is 9.84 Å². The molecule has 0 radical (unpaired) electrons. The molecule has 1 aromatic carbocycles. The van der Waals surface area contributed by atoms with E-state index in [1.807, 2.05) is 0 Å². The highest BCUT2D eigenvalue weighted by Gasteiger charge is 2.65. The fourth-order valence-electron chi connectivity index (χ4n) is 2.18. The number of benzene rings is 1. The Balaban J connectivity index is 2.44. The molecular formula is C12H11BrO5. The lowest BCUT2D eigenvalue weighted by atomic mass is 9.93. The molecule has 0 saturated heterocycles. The van der Waals surface area contributed by atoms with Crippen molar-refractivity contribution in [3.8, 4) is 5.75 Å². The molecule has 96 valence electrons. The van der Waals surface area contributed by atoms with Gasteiger partial charge in [0.25, 0.3) is 0 Å². The van der Waals surface area contributed by atoms with Crippen molar-refractivity contribution >= 4 is 27.9 Å². The molecule has 1 aromatic rings. The number of hydrogen-bond acceptors (Lipinski definition) is 3. The van der Waals surface area contributed by atoms with Crippen LogP contribution in [-0.2, 0) is 15.0 Å². The number of ether oxygens (including phenoxy) is 1. The first-order valence-electron chi connectivity index (χ1n) is 5.23. The minimum atomic E-state index is -1.30. The van der Waals surface area contributed by atoms with Gasteiger partial charge in [0, 0.05) is 0 Å². The summed E-state index contributed by atoms with van der Waals surface area (Å²) in [5, 5.41) is 18.3. The maximum Gasteiger partial charge on any atom is 0.315 e. The second-order valence-corrected chi connectivity index (χ2v) is 5.08. The number of hydrogen-bond donors (Lipinski definition) is 2. The zero-order chi connectivity index (χ0) is 13.5. The van der Waals surface area contributed by atoms with Crippen molar-refractivity contribution in [2.45, 2.75) is 11.8 Å². The standard InChI is InChI=1S/C12H11BrO5/c1-18-9-3-2-6(4-8(9)13)12(11(16)17)5-7(12)10(14)15/h2-4,7H,5H2,1H3,(H,14,15)(H,16,17). The first-order chi connectivity index (χ1) is 8.43. The third kappa shape index (κ3) is 1.77. The molecule has 1 saturated carbocycles. The predicted molar refractivity (Wildman–Crippen MR) is 65.8 cm³/mol. The molecule has 2 N–H and O–H groups in total. The Morgan fingerprint density at radius 1 is 1.44 bits per heavy atom. The van der Waals surface area contributed by atoms with E-state index in [2.05, 4.69) is 15.9 Å². The van der Waals surface area contributed by atoms with Crippen molar-refractivity contribution in [3.63, 3.8) is 0 Å². The highest BCUT2D eigenvalue weighted by atomic mass is 79.9. The molecule has 5 nitrogen and oxygen atoms in total. The van der Waals surface area contributed by atoms with E-state index in [9.17, 15) is 14.7 Å². The Bertz CT molecular complexity index is 527. The monoisotopic (exact) mass is 314 g/mol. The summed E-state index contributed by atoms with van der Waals surface area (Å²) in [6, 6.07) is 4.83. The van der Waals surface area contributed by atoms with Crippen LogP contribution in [0.2, 0.25) is 0 Å². The largest absolute Gasteiger partial charge is 0.496 e. The lowest BCUT2D eigenvalue weighted by molar-refractivity contribution is -0.145. The van der Waals surface area contributed by atoms with Gasteiger partial charge in [0.1, 0.15) is 11.2 Å². The number of methoxy groups -OCH3 is 1. The van der Waals surface area contributed by atoms with Crippen molar-refractivity contribution in [3.05, 3.63) is 28.2 Å². The molecule has 6 heteroatoms. The van der Waals surface area contributed by atoms with Gasteiger partial charge < -0.3 is 14.9 Å². The zero-order valence-electron chi connectivity index (χ0n) is 9.51. The molecule has 1 aliphatic carbocycles. The van der Waals surface area contributed by atoms with Crippen LogP contribution in [0.1, 0.15) is 12.0 Å². The minimum absolute atomic E-state index is 0.121. The van der Waals surface area contributed by atoms with Gasteiger partial charge in [-0.15, -0.1) is 0 Å². The van der Waals surface area contributed by atoms with E-state index in [0.717, 1.165) is 0 Å². The van der Waals surface area contributed by atoms with Crippen LogP contribution in [0, 0.1) is 5.92 Å². The summed E-state index contributed by atoms with van der Waals surface area (Å²) in [4.78, 5) is 22.3. The Kier molecular flexibility index (Phi) is 3.06. The van der Waals surface area contributed by atoms with E-state index in [-0.39, 0.29) is 6.42 Å². The lowest BCUT2D eigenvalue weighted by Gasteiger charge is -2.13. The molecule has 0 amide bonds. The fraction of sp³-hybridized carbons (Fsp3) is 0.333.